The molecule has 11 heavy (non-hydrogen) atoms. The highest BCUT2D eigenvalue weighted by Gasteiger charge is 2.01. The molecule has 0 aliphatic rings. The molecule has 0 nitrogen and oxygen atoms in total. The van der Waals surface area contributed by atoms with Gasteiger partial charge in [-0.25, -0.2) is 4.39 Å². The Bertz CT molecular complexity index is 245. The maximum absolute atomic E-state index is 13.2. The van der Waals surface area contributed by atoms with E-state index in [9.17, 15) is 4.39 Å². The minimum atomic E-state index is -0.0819. The van der Waals surface area contributed by atoms with Crippen LogP contribution in [0.3, 0.4) is 0 Å². The van der Waals surface area contributed by atoms with Crippen LogP contribution in [0.5, 0.6) is 0 Å². The largest absolute Gasteiger partial charge is 0.206 e. The summed E-state index contributed by atoms with van der Waals surface area (Å²) in [6.45, 7) is 1.78. The highest BCUT2D eigenvalue weighted by atomic mass is 32.1. The first-order chi connectivity index (χ1) is 5.25. The van der Waals surface area contributed by atoms with Crippen molar-refractivity contribution in [1.82, 2.24) is 0 Å². The maximum Gasteiger partial charge on any atom is 0.129 e. The topological polar surface area (TPSA) is 0 Å². The molecule has 0 unspecified atom stereocenters. The summed E-state index contributed by atoms with van der Waals surface area (Å²) in [5, 5.41) is 0. The average Bonchev–Trinajstić information content (AvgIpc) is 1.99. The lowest BCUT2D eigenvalue weighted by Gasteiger charge is -2.02. The maximum atomic E-state index is 13.2. The van der Waals surface area contributed by atoms with Gasteiger partial charge >= 0.3 is 0 Å². The van der Waals surface area contributed by atoms with Crippen LogP contribution in [-0.2, 0) is 6.42 Å². The van der Waals surface area contributed by atoms with Gasteiger partial charge < -0.3 is 0 Å². The standard InChI is InChI=1S/C9H11FS/c1-7-3-2-4-8(5-6-11)9(7)10/h2-4,11H,5-6H2,1H3. The van der Waals surface area contributed by atoms with Gasteiger partial charge in [0.25, 0.3) is 0 Å². The molecule has 0 saturated carbocycles. The van der Waals surface area contributed by atoms with Crippen molar-refractivity contribution in [2.45, 2.75) is 13.3 Å². The molecule has 0 fully saturated rings. The van der Waals surface area contributed by atoms with Gasteiger partial charge in [0.1, 0.15) is 5.82 Å². The molecule has 0 atom stereocenters. The molecule has 0 bridgehead atoms. The van der Waals surface area contributed by atoms with E-state index >= 15 is 0 Å². The number of hydrogen-bond acceptors (Lipinski definition) is 1. The van der Waals surface area contributed by atoms with Crippen molar-refractivity contribution in [1.29, 1.82) is 0 Å². The highest BCUT2D eigenvalue weighted by molar-refractivity contribution is 7.80. The van der Waals surface area contributed by atoms with Gasteiger partial charge in [0.2, 0.25) is 0 Å². The summed E-state index contributed by atoms with van der Waals surface area (Å²) < 4.78 is 13.2. The number of aryl methyl sites for hydroxylation is 2. The number of thiol groups is 1. The van der Waals surface area contributed by atoms with E-state index < -0.39 is 0 Å². The van der Waals surface area contributed by atoms with Crippen LogP contribution in [0, 0.1) is 12.7 Å². The Morgan fingerprint density at radius 3 is 2.82 bits per heavy atom. The van der Waals surface area contributed by atoms with Crippen LogP contribution in [0.4, 0.5) is 4.39 Å². The fraction of sp³-hybridized carbons (Fsp3) is 0.333. The normalized spacial score (nSPS) is 10.1. The van der Waals surface area contributed by atoms with Crippen molar-refractivity contribution in [3.63, 3.8) is 0 Å². The SMILES string of the molecule is Cc1cccc(CCS)c1F. The molecule has 0 N–H and O–H groups in total. The lowest BCUT2D eigenvalue weighted by atomic mass is 10.1. The lowest BCUT2D eigenvalue weighted by molar-refractivity contribution is 0.603. The smallest absolute Gasteiger partial charge is 0.129 e. The minimum Gasteiger partial charge on any atom is -0.206 e. The molecule has 60 valence electrons. The summed E-state index contributed by atoms with van der Waals surface area (Å²) >= 11 is 4.05. The Kier molecular flexibility index (Phi) is 2.94. The van der Waals surface area contributed by atoms with E-state index in [1.807, 2.05) is 6.07 Å². The van der Waals surface area contributed by atoms with Crippen LogP contribution in [0.15, 0.2) is 18.2 Å². The van der Waals surface area contributed by atoms with E-state index in [-0.39, 0.29) is 5.82 Å². The Morgan fingerprint density at radius 2 is 2.18 bits per heavy atom. The van der Waals surface area contributed by atoms with Crippen LogP contribution in [0.1, 0.15) is 11.1 Å². The van der Waals surface area contributed by atoms with Gasteiger partial charge in [0.05, 0.1) is 0 Å². The van der Waals surface area contributed by atoms with E-state index in [1.165, 1.54) is 0 Å². The molecule has 1 aromatic carbocycles. The number of hydrogen-bond donors (Lipinski definition) is 1. The first-order valence-corrected chi connectivity index (χ1v) is 4.24. The molecular weight excluding hydrogens is 159 g/mol. The number of benzene rings is 1. The van der Waals surface area contributed by atoms with Gasteiger partial charge in [0.15, 0.2) is 0 Å². The third kappa shape index (κ3) is 1.96. The zero-order valence-electron chi connectivity index (χ0n) is 6.47. The Labute approximate surface area is 71.8 Å². The summed E-state index contributed by atoms with van der Waals surface area (Å²) in [6, 6.07) is 5.45. The van der Waals surface area contributed by atoms with Crippen LogP contribution in [0.2, 0.25) is 0 Å². The second-order valence-corrected chi connectivity index (χ2v) is 2.97. The molecule has 1 rings (SSSR count). The summed E-state index contributed by atoms with van der Waals surface area (Å²) in [5.74, 6) is 0.613. The molecule has 0 spiro atoms. The van der Waals surface area contributed by atoms with Crippen molar-refractivity contribution in [3.05, 3.63) is 35.1 Å². The third-order valence-corrected chi connectivity index (χ3v) is 1.88. The zero-order valence-corrected chi connectivity index (χ0v) is 7.37. The van der Waals surface area contributed by atoms with Gasteiger partial charge in [-0.15, -0.1) is 0 Å². The molecule has 0 radical (unpaired) electrons. The summed E-state index contributed by atoms with van der Waals surface area (Å²) in [5.41, 5.74) is 1.48. The van der Waals surface area contributed by atoms with Gasteiger partial charge in [-0.05, 0) is 30.2 Å². The quantitative estimate of drug-likeness (QED) is 0.648. The van der Waals surface area contributed by atoms with E-state index in [4.69, 9.17) is 0 Å². The zero-order chi connectivity index (χ0) is 8.27. The van der Waals surface area contributed by atoms with Crippen molar-refractivity contribution in [2.24, 2.45) is 0 Å². The van der Waals surface area contributed by atoms with Crippen LogP contribution in [0.25, 0.3) is 0 Å². The predicted molar refractivity (Wildman–Crippen MR) is 48.7 cm³/mol. The molecule has 0 aliphatic heterocycles. The Hall–Kier alpha value is -0.500. The van der Waals surface area contributed by atoms with Crippen molar-refractivity contribution < 1.29 is 4.39 Å². The second-order valence-electron chi connectivity index (χ2n) is 2.52. The van der Waals surface area contributed by atoms with Crippen LogP contribution < -0.4 is 0 Å². The van der Waals surface area contributed by atoms with Crippen molar-refractivity contribution in [2.75, 3.05) is 5.75 Å². The summed E-state index contributed by atoms with van der Waals surface area (Å²) in [7, 11) is 0. The molecular formula is C9H11FS. The van der Waals surface area contributed by atoms with Crippen molar-refractivity contribution >= 4 is 12.6 Å². The van der Waals surface area contributed by atoms with Gasteiger partial charge in [-0.2, -0.15) is 12.6 Å². The van der Waals surface area contributed by atoms with Gasteiger partial charge in [-0.3, -0.25) is 0 Å². The Balaban J connectivity index is 2.96. The van der Waals surface area contributed by atoms with E-state index in [1.54, 1.807) is 19.1 Å². The molecule has 0 amide bonds. The lowest BCUT2D eigenvalue weighted by Crippen LogP contribution is -1.93. The summed E-state index contributed by atoms with van der Waals surface area (Å²) in [6.07, 6.45) is 0.705. The number of rotatable bonds is 2. The van der Waals surface area contributed by atoms with E-state index in [0.29, 0.717) is 17.7 Å². The molecule has 0 aromatic heterocycles. The highest BCUT2D eigenvalue weighted by Crippen LogP contribution is 2.12. The number of halogens is 1. The van der Waals surface area contributed by atoms with Gasteiger partial charge in [0, 0.05) is 0 Å². The monoisotopic (exact) mass is 170 g/mol. The van der Waals surface area contributed by atoms with Gasteiger partial charge in [-0.1, -0.05) is 18.2 Å². The molecule has 0 heterocycles. The second kappa shape index (κ2) is 3.77. The summed E-state index contributed by atoms with van der Waals surface area (Å²) in [4.78, 5) is 0. The molecule has 1 aromatic rings. The van der Waals surface area contributed by atoms with Crippen LogP contribution in [-0.4, -0.2) is 5.75 Å². The van der Waals surface area contributed by atoms with E-state index in [0.717, 1.165) is 5.56 Å². The van der Waals surface area contributed by atoms with Crippen molar-refractivity contribution in [3.8, 4) is 0 Å². The first-order valence-electron chi connectivity index (χ1n) is 3.60. The minimum absolute atomic E-state index is 0.0819. The molecule has 0 aliphatic carbocycles. The van der Waals surface area contributed by atoms with Crippen LogP contribution >= 0.6 is 12.6 Å². The third-order valence-electron chi connectivity index (χ3n) is 1.65. The molecule has 2 heteroatoms. The predicted octanol–water partition coefficient (Wildman–Crippen LogP) is 2.61. The molecule has 0 saturated heterocycles. The Morgan fingerprint density at radius 1 is 1.45 bits per heavy atom. The fourth-order valence-electron chi connectivity index (χ4n) is 1.02. The van der Waals surface area contributed by atoms with E-state index in [2.05, 4.69) is 12.6 Å². The fourth-order valence-corrected chi connectivity index (χ4v) is 1.26. The first kappa shape index (κ1) is 8.60. The average molecular weight is 170 g/mol.